The lowest BCUT2D eigenvalue weighted by molar-refractivity contribution is -0.139. The van der Waals surface area contributed by atoms with Crippen LogP contribution in [0.1, 0.15) is 20.3 Å². The Labute approximate surface area is 148 Å². The third-order valence-electron chi connectivity index (χ3n) is 3.28. The fourth-order valence-corrected chi connectivity index (χ4v) is 4.84. The average Bonchev–Trinajstić information content (AvgIpc) is 2.96. The first kappa shape index (κ1) is 18.0. The molecule has 0 aromatic heterocycles. The van der Waals surface area contributed by atoms with Gasteiger partial charge in [-0.05, 0) is 31.5 Å². The number of hydrogen-bond acceptors (Lipinski definition) is 7. The molecule has 0 aromatic rings. The third-order valence-corrected chi connectivity index (χ3v) is 6.15. The number of thioether (sulfide) groups is 2. The summed E-state index contributed by atoms with van der Waals surface area (Å²) in [4.78, 5) is 40.1. The van der Waals surface area contributed by atoms with Gasteiger partial charge in [0.1, 0.15) is 5.57 Å². The molecule has 9 heteroatoms. The van der Waals surface area contributed by atoms with Gasteiger partial charge in [-0.2, -0.15) is 0 Å². The van der Waals surface area contributed by atoms with Crippen LogP contribution in [-0.4, -0.2) is 52.9 Å². The summed E-state index contributed by atoms with van der Waals surface area (Å²) in [5.74, 6) is -1.12. The molecule has 0 atom stereocenters. The maximum Gasteiger partial charge on any atom is 0.310 e. The molecule has 1 saturated heterocycles. The van der Waals surface area contributed by atoms with Crippen molar-refractivity contribution < 1.29 is 19.1 Å². The van der Waals surface area contributed by atoms with Crippen LogP contribution in [0.2, 0.25) is 0 Å². The number of likely N-dealkylation sites (N-methyl/N-ethyl adjacent to an activating group) is 2. The van der Waals surface area contributed by atoms with Crippen LogP contribution in [0.4, 0.5) is 0 Å². The van der Waals surface area contributed by atoms with E-state index in [4.69, 9.17) is 12.2 Å². The Morgan fingerprint density at radius 1 is 1.22 bits per heavy atom. The molecule has 23 heavy (non-hydrogen) atoms. The molecule has 0 bridgehead atoms. The zero-order chi connectivity index (χ0) is 17.1. The van der Waals surface area contributed by atoms with Crippen molar-refractivity contribution in [3.05, 3.63) is 20.1 Å². The fourth-order valence-electron chi connectivity index (χ4n) is 2.10. The predicted octanol–water partition coefficient (Wildman–Crippen LogP) is 2.08. The Kier molecular flexibility index (Phi) is 5.88. The van der Waals surface area contributed by atoms with Gasteiger partial charge in [-0.3, -0.25) is 24.2 Å². The molecule has 0 radical (unpaired) electrons. The largest absolute Gasteiger partial charge is 0.469 e. The van der Waals surface area contributed by atoms with Crippen molar-refractivity contribution in [1.82, 2.24) is 9.80 Å². The molecule has 0 saturated carbocycles. The van der Waals surface area contributed by atoms with Crippen molar-refractivity contribution >= 4 is 58.6 Å². The van der Waals surface area contributed by atoms with Gasteiger partial charge in [-0.1, -0.05) is 23.5 Å². The molecule has 0 aliphatic carbocycles. The number of esters is 1. The molecule has 2 aliphatic heterocycles. The number of thiocarbonyl (C=S) groups is 1. The topological polar surface area (TPSA) is 66.9 Å². The van der Waals surface area contributed by atoms with Gasteiger partial charge in [-0.15, -0.1) is 0 Å². The van der Waals surface area contributed by atoms with E-state index in [0.29, 0.717) is 17.3 Å². The van der Waals surface area contributed by atoms with Crippen LogP contribution in [0.15, 0.2) is 20.1 Å². The van der Waals surface area contributed by atoms with E-state index >= 15 is 0 Å². The molecule has 1 fully saturated rings. The quantitative estimate of drug-likeness (QED) is 0.324. The van der Waals surface area contributed by atoms with E-state index in [1.165, 1.54) is 40.4 Å². The van der Waals surface area contributed by atoms with E-state index in [9.17, 15) is 14.4 Å². The Morgan fingerprint density at radius 3 is 2.26 bits per heavy atom. The van der Waals surface area contributed by atoms with Gasteiger partial charge in [-0.25, -0.2) is 0 Å². The van der Waals surface area contributed by atoms with E-state index in [1.54, 1.807) is 5.41 Å². The summed E-state index contributed by atoms with van der Waals surface area (Å²) in [7, 11) is 1.32. The van der Waals surface area contributed by atoms with Crippen LogP contribution in [0.5, 0.6) is 0 Å². The Hall–Kier alpha value is -1.32. The number of methoxy groups -OCH3 is 1. The molecule has 0 unspecified atom stereocenters. The SMILES string of the molecule is CCN1C(=O)C(=C2SC=C(CC(=O)OC)S2)C(=O)N(CC)C1=S. The van der Waals surface area contributed by atoms with E-state index in [0.717, 1.165) is 4.91 Å². The highest BCUT2D eigenvalue weighted by Crippen LogP contribution is 2.47. The van der Waals surface area contributed by atoms with E-state index in [2.05, 4.69) is 4.74 Å². The fraction of sp³-hybridized carbons (Fsp3) is 0.429. The highest BCUT2D eigenvalue weighted by molar-refractivity contribution is 8.28. The highest BCUT2D eigenvalue weighted by atomic mass is 32.2. The van der Waals surface area contributed by atoms with Crippen LogP contribution in [0, 0.1) is 0 Å². The molecule has 0 N–H and O–H groups in total. The lowest BCUT2D eigenvalue weighted by Crippen LogP contribution is -2.56. The highest BCUT2D eigenvalue weighted by Gasteiger charge is 2.41. The monoisotopic (exact) mass is 372 g/mol. The van der Waals surface area contributed by atoms with Crippen molar-refractivity contribution in [3.8, 4) is 0 Å². The zero-order valence-corrected chi connectivity index (χ0v) is 15.4. The number of carbonyl (C=O) groups is 3. The summed E-state index contributed by atoms with van der Waals surface area (Å²) in [6, 6.07) is 0. The molecule has 2 aliphatic rings. The van der Waals surface area contributed by atoms with Crippen LogP contribution in [0.3, 0.4) is 0 Å². The average molecular weight is 372 g/mol. The zero-order valence-electron chi connectivity index (χ0n) is 13.0. The summed E-state index contributed by atoms with van der Waals surface area (Å²) in [6.45, 7) is 4.42. The van der Waals surface area contributed by atoms with E-state index in [-0.39, 0.29) is 34.9 Å². The standard InChI is InChI=1S/C14H16N2O4S3/c1-4-15-11(18)10(12(19)16(5-2)14(15)21)13-22-7-8(23-13)6-9(17)20-3/h7H,4-6H2,1-3H3. The van der Waals surface area contributed by atoms with Crippen LogP contribution in [0.25, 0.3) is 0 Å². The van der Waals surface area contributed by atoms with Gasteiger partial charge >= 0.3 is 5.97 Å². The van der Waals surface area contributed by atoms with E-state index < -0.39 is 0 Å². The first-order valence-electron chi connectivity index (χ1n) is 6.96. The molecule has 2 amide bonds. The minimum atomic E-state index is -0.380. The third kappa shape index (κ3) is 3.46. The Morgan fingerprint density at radius 2 is 1.78 bits per heavy atom. The summed E-state index contributed by atoms with van der Waals surface area (Å²) in [6.07, 6.45) is 0.126. The van der Waals surface area contributed by atoms with Gasteiger partial charge < -0.3 is 4.74 Å². The number of nitrogens with zero attached hydrogens (tertiary/aromatic N) is 2. The molecule has 0 spiro atoms. The Balaban J connectivity index is 2.30. The molecule has 0 aromatic carbocycles. The maximum absolute atomic E-state index is 12.6. The van der Waals surface area contributed by atoms with Crippen molar-refractivity contribution in [3.63, 3.8) is 0 Å². The van der Waals surface area contributed by atoms with Crippen molar-refractivity contribution in [2.45, 2.75) is 20.3 Å². The van der Waals surface area contributed by atoms with E-state index in [1.807, 2.05) is 13.8 Å². The first-order chi connectivity index (χ1) is 10.9. The number of ether oxygens (including phenoxy) is 1. The second kappa shape index (κ2) is 7.50. The van der Waals surface area contributed by atoms with Crippen LogP contribution < -0.4 is 0 Å². The van der Waals surface area contributed by atoms with Gasteiger partial charge in [0.05, 0.1) is 17.8 Å². The van der Waals surface area contributed by atoms with Crippen molar-refractivity contribution in [2.75, 3.05) is 20.2 Å². The van der Waals surface area contributed by atoms with Crippen LogP contribution >= 0.6 is 35.7 Å². The number of amides is 2. The van der Waals surface area contributed by atoms with Gasteiger partial charge in [0, 0.05) is 18.0 Å². The summed E-state index contributed by atoms with van der Waals surface area (Å²) in [5.41, 5.74) is 0.119. The lowest BCUT2D eigenvalue weighted by Gasteiger charge is -2.35. The molecular weight excluding hydrogens is 356 g/mol. The second-order valence-corrected chi connectivity index (χ2v) is 7.24. The van der Waals surface area contributed by atoms with Crippen molar-refractivity contribution in [2.24, 2.45) is 0 Å². The number of carbonyl (C=O) groups excluding carboxylic acids is 3. The summed E-state index contributed by atoms with van der Waals surface area (Å²) < 4.78 is 5.21. The second-order valence-electron chi connectivity index (χ2n) is 4.60. The van der Waals surface area contributed by atoms with Crippen LogP contribution in [-0.2, 0) is 19.1 Å². The minimum Gasteiger partial charge on any atom is -0.469 e. The van der Waals surface area contributed by atoms with Gasteiger partial charge in [0.15, 0.2) is 5.11 Å². The van der Waals surface area contributed by atoms with Gasteiger partial charge in [0.2, 0.25) is 0 Å². The Bertz CT molecular complexity index is 614. The lowest BCUT2D eigenvalue weighted by atomic mass is 10.2. The molecule has 124 valence electrons. The first-order valence-corrected chi connectivity index (χ1v) is 9.07. The molecule has 2 rings (SSSR count). The maximum atomic E-state index is 12.6. The normalized spacial score (nSPS) is 18.7. The van der Waals surface area contributed by atoms with Crippen molar-refractivity contribution in [1.29, 1.82) is 0 Å². The smallest absolute Gasteiger partial charge is 0.310 e. The number of rotatable bonds is 4. The molecular formula is C14H16N2O4S3. The molecule has 6 nitrogen and oxygen atoms in total. The van der Waals surface area contributed by atoms with Gasteiger partial charge in [0.25, 0.3) is 11.8 Å². The summed E-state index contributed by atoms with van der Waals surface area (Å²) >= 11 is 7.76. The number of hydrogen-bond donors (Lipinski definition) is 0. The molecule has 2 heterocycles. The predicted molar refractivity (Wildman–Crippen MR) is 94.3 cm³/mol. The minimum absolute atomic E-state index is 0.119. The summed E-state index contributed by atoms with van der Waals surface area (Å²) in [5, 5.41) is 2.01.